The molecule has 0 aliphatic carbocycles. The average molecular weight is 1150 g/mol. The van der Waals surface area contributed by atoms with Gasteiger partial charge in [0.05, 0.1) is 0 Å². The number of hydrogen-bond acceptors (Lipinski definition) is 6. The molecule has 0 aliphatic rings. The monoisotopic (exact) mass is 1140 g/mol. The second-order valence-corrected chi connectivity index (χ2v) is 22.0. The average Bonchev–Trinajstić information content (AvgIpc) is 3.49. The number of hydrogen-bond donors (Lipinski definition) is 0. The molecule has 0 bridgehead atoms. The maximum Gasteiger partial charge on any atom is 0.306 e. The fourth-order valence-electron chi connectivity index (χ4n) is 8.98. The van der Waals surface area contributed by atoms with Crippen molar-refractivity contribution in [1.29, 1.82) is 0 Å². The summed E-state index contributed by atoms with van der Waals surface area (Å²) < 4.78 is 16.9. The number of carbonyl (C=O) groups is 3. The molecule has 0 fully saturated rings. The molecule has 0 aliphatic heterocycles. The molecular weight excluding hydrogens is 1020 g/mol. The van der Waals surface area contributed by atoms with Crippen molar-refractivity contribution in [3.63, 3.8) is 0 Å². The van der Waals surface area contributed by atoms with Gasteiger partial charge in [-0.25, -0.2) is 0 Å². The Balaban J connectivity index is 4.39. The van der Waals surface area contributed by atoms with Crippen molar-refractivity contribution in [2.75, 3.05) is 13.2 Å². The number of esters is 3. The first kappa shape index (κ1) is 78.0. The zero-order chi connectivity index (χ0) is 59.9. The van der Waals surface area contributed by atoms with E-state index < -0.39 is 6.10 Å². The Hall–Kier alpha value is -4.97. The summed E-state index contributed by atoms with van der Waals surface area (Å²) in [5.74, 6) is -0.931. The predicted octanol–water partition coefficient (Wildman–Crippen LogP) is 23.7. The van der Waals surface area contributed by atoms with Gasteiger partial charge in [0.15, 0.2) is 6.10 Å². The van der Waals surface area contributed by atoms with Gasteiger partial charge < -0.3 is 14.2 Å². The Morgan fingerprint density at radius 3 is 0.735 bits per heavy atom. The van der Waals surface area contributed by atoms with Crippen LogP contribution in [0.2, 0.25) is 0 Å². The summed E-state index contributed by atoms with van der Waals surface area (Å²) in [5.41, 5.74) is 0. The second kappa shape index (κ2) is 69.5. The molecule has 1 atom stereocenters. The quantitative estimate of drug-likeness (QED) is 0.0261. The van der Waals surface area contributed by atoms with Gasteiger partial charge in [0, 0.05) is 19.3 Å². The highest BCUT2D eigenvalue weighted by Gasteiger charge is 2.19. The SMILES string of the molecule is CC/C=C\C/C=C\C/C=C\C/C=C\C/C=C\C/C=C\C/C=C\CCCCCCCC(=O)OCC(COC(=O)CCCCCCC/C=C\C/C=C\CCC)OC(=O)CCCCCCCCCCCCCC/C=C\C/C=C\C/C=C\C/C=C\CC. The summed E-state index contributed by atoms with van der Waals surface area (Å²) in [7, 11) is 0. The molecule has 0 saturated heterocycles. The first-order valence-corrected chi connectivity index (χ1v) is 34.0. The van der Waals surface area contributed by atoms with Crippen molar-refractivity contribution >= 4 is 17.9 Å². The lowest BCUT2D eigenvalue weighted by atomic mass is 10.0. The lowest BCUT2D eigenvalue weighted by Gasteiger charge is -2.18. The smallest absolute Gasteiger partial charge is 0.306 e. The Kier molecular flexibility index (Phi) is 65.4. The molecule has 0 rings (SSSR count). The molecule has 0 aromatic heterocycles. The van der Waals surface area contributed by atoms with Crippen LogP contribution >= 0.6 is 0 Å². The van der Waals surface area contributed by atoms with Crippen molar-refractivity contribution in [2.24, 2.45) is 0 Å². The van der Waals surface area contributed by atoms with Crippen LogP contribution in [0, 0.1) is 0 Å². The van der Waals surface area contributed by atoms with E-state index >= 15 is 0 Å². The molecule has 0 amide bonds. The molecule has 0 heterocycles. The minimum atomic E-state index is -0.802. The van der Waals surface area contributed by atoms with Gasteiger partial charge in [-0.1, -0.05) is 288 Å². The Morgan fingerprint density at radius 1 is 0.253 bits per heavy atom. The van der Waals surface area contributed by atoms with Crippen LogP contribution in [0.5, 0.6) is 0 Å². The van der Waals surface area contributed by atoms with Crippen LogP contribution in [0.3, 0.4) is 0 Å². The molecule has 0 aromatic rings. The van der Waals surface area contributed by atoms with Crippen molar-refractivity contribution < 1.29 is 28.6 Å². The maximum absolute atomic E-state index is 13.0. The molecular formula is C77H124O6. The van der Waals surface area contributed by atoms with Crippen LogP contribution < -0.4 is 0 Å². The van der Waals surface area contributed by atoms with Crippen LogP contribution in [-0.4, -0.2) is 37.2 Å². The third-order valence-electron chi connectivity index (χ3n) is 14.0. The van der Waals surface area contributed by atoms with Gasteiger partial charge in [0.25, 0.3) is 0 Å². The predicted molar refractivity (Wildman–Crippen MR) is 362 cm³/mol. The van der Waals surface area contributed by atoms with Gasteiger partial charge in [-0.3, -0.25) is 14.4 Å². The summed E-state index contributed by atoms with van der Waals surface area (Å²) in [6, 6.07) is 0. The number of unbranched alkanes of at least 4 members (excludes halogenated alkanes) is 23. The molecule has 0 radical (unpaired) electrons. The molecule has 468 valence electrons. The van der Waals surface area contributed by atoms with E-state index in [1.54, 1.807) is 0 Å². The van der Waals surface area contributed by atoms with Crippen LogP contribution in [0.4, 0.5) is 0 Å². The van der Waals surface area contributed by atoms with E-state index in [1.807, 2.05) is 0 Å². The van der Waals surface area contributed by atoms with Crippen molar-refractivity contribution in [2.45, 2.75) is 297 Å². The largest absolute Gasteiger partial charge is 0.462 e. The zero-order valence-electron chi connectivity index (χ0n) is 53.7. The van der Waals surface area contributed by atoms with Gasteiger partial charge in [-0.2, -0.15) is 0 Å². The van der Waals surface area contributed by atoms with Gasteiger partial charge in [0.1, 0.15) is 13.2 Å². The molecule has 0 spiro atoms. The number of carbonyl (C=O) groups excluding carboxylic acids is 3. The van der Waals surface area contributed by atoms with E-state index in [0.717, 1.165) is 180 Å². The summed E-state index contributed by atoms with van der Waals surface area (Å²) in [6.07, 6.45) is 101. The van der Waals surface area contributed by atoms with Crippen molar-refractivity contribution in [1.82, 2.24) is 0 Å². The highest BCUT2D eigenvalue weighted by atomic mass is 16.6. The fourth-order valence-corrected chi connectivity index (χ4v) is 8.98. The van der Waals surface area contributed by atoms with Gasteiger partial charge in [0.2, 0.25) is 0 Å². The first-order chi connectivity index (χ1) is 41.0. The standard InChI is InChI=1S/C77H124O6/c1-4-7-10-13-16-19-22-25-27-29-31-33-35-37-38-40-41-43-45-47-49-52-55-58-61-64-67-70-76(79)82-73-74(72-81-75(78)69-66-63-60-57-54-51-24-21-18-15-12-9-6-3)83-77(80)71-68-65-62-59-56-53-50-48-46-44-42-39-36-34-32-30-28-26-23-20-17-14-11-8-5-2/h7-8,10-12,15-17,19-21,24-28,31-34,37-38,41,43,47,49,74H,4-6,9,13-14,18,22-23,29-30,35-36,39-40,42,44-46,48,50-73H2,1-3H3/b10-7-,11-8-,15-12-,19-16-,20-17-,24-21-,27-25-,28-26-,33-31-,34-32-,38-37-,43-41-,49-47-. The molecule has 83 heavy (non-hydrogen) atoms. The second-order valence-electron chi connectivity index (χ2n) is 22.0. The molecule has 6 nitrogen and oxygen atoms in total. The summed E-state index contributed by atoms with van der Waals surface area (Å²) >= 11 is 0. The highest BCUT2D eigenvalue weighted by Crippen LogP contribution is 2.16. The fraction of sp³-hybridized carbons (Fsp3) is 0.623. The summed E-state index contributed by atoms with van der Waals surface area (Å²) in [4.78, 5) is 38.4. The molecule has 0 saturated carbocycles. The normalized spacial score (nSPS) is 13.1. The third kappa shape index (κ3) is 67.7. The van der Waals surface area contributed by atoms with Crippen LogP contribution in [0.1, 0.15) is 290 Å². The number of ether oxygens (including phenoxy) is 3. The highest BCUT2D eigenvalue weighted by molar-refractivity contribution is 5.71. The van der Waals surface area contributed by atoms with E-state index in [0.29, 0.717) is 19.3 Å². The van der Waals surface area contributed by atoms with E-state index in [9.17, 15) is 14.4 Å². The van der Waals surface area contributed by atoms with Crippen molar-refractivity contribution in [3.05, 3.63) is 158 Å². The number of rotatable bonds is 60. The lowest BCUT2D eigenvalue weighted by molar-refractivity contribution is -0.167. The zero-order valence-corrected chi connectivity index (χ0v) is 53.7. The van der Waals surface area contributed by atoms with E-state index in [-0.39, 0.29) is 31.1 Å². The minimum absolute atomic E-state index is 0.0975. The van der Waals surface area contributed by atoms with E-state index in [4.69, 9.17) is 14.2 Å². The molecule has 1 unspecified atom stereocenters. The van der Waals surface area contributed by atoms with E-state index in [1.165, 1.54) is 70.6 Å². The van der Waals surface area contributed by atoms with Gasteiger partial charge in [-0.05, 0) is 141 Å². The Bertz CT molecular complexity index is 1840. The molecule has 0 N–H and O–H groups in total. The Labute approximate surface area is 511 Å². The van der Waals surface area contributed by atoms with Gasteiger partial charge in [-0.15, -0.1) is 0 Å². The van der Waals surface area contributed by atoms with Crippen molar-refractivity contribution in [3.8, 4) is 0 Å². The number of allylic oxidation sites excluding steroid dienone is 26. The van der Waals surface area contributed by atoms with E-state index in [2.05, 4.69) is 179 Å². The van der Waals surface area contributed by atoms with Crippen LogP contribution in [-0.2, 0) is 28.6 Å². The first-order valence-electron chi connectivity index (χ1n) is 34.0. The third-order valence-corrected chi connectivity index (χ3v) is 14.0. The summed E-state index contributed by atoms with van der Waals surface area (Å²) in [5, 5.41) is 0. The van der Waals surface area contributed by atoms with Crippen LogP contribution in [0.25, 0.3) is 0 Å². The minimum Gasteiger partial charge on any atom is -0.462 e. The Morgan fingerprint density at radius 2 is 0.470 bits per heavy atom. The lowest BCUT2D eigenvalue weighted by Crippen LogP contribution is -2.30. The van der Waals surface area contributed by atoms with Gasteiger partial charge >= 0.3 is 17.9 Å². The molecule has 0 aromatic carbocycles. The maximum atomic E-state index is 13.0. The molecule has 6 heteroatoms. The van der Waals surface area contributed by atoms with Crippen LogP contribution in [0.15, 0.2) is 158 Å². The topological polar surface area (TPSA) is 78.9 Å². The summed E-state index contributed by atoms with van der Waals surface area (Å²) in [6.45, 7) is 6.33.